The van der Waals surface area contributed by atoms with Gasteiger partial charge in [0.05, 0.1) is 12.3 Å². The maximum atomic E-state index is 5.65. The average Bonchev–Trinajstić information content (AvgIpc) is 3.02. The Balaban J connectivity index is 1.90. The van der Waals surface area contributed by atoms with Crippen molar-refractivity contribution in [2.75, 3.05) is 19.8 Å². The van der Waals surface area contributed by atoms with Crippen molar-refractivity contribution in [3.63, 3.8) is 0 Å². The molecule has 4 heteroatoms. The van der Waals surface area contributed by atoms with Gasteiger partial charge in [-0.05, 0) is 42.8 Å². The molecule has 20 heavy (non-hydrogen) atoms. The molecule has 1 aromatic heterocycles. The first-order valence-electron chi connectivity index (χ1n) is 7.05. The standard InChI is InChI=1S/C16H19NO3/c1-2-7-17-16(14-4-3-8-18-14)12-5-6-13-15(11-12)20-10-9-19-13/h3-6,8,11,16-17H,2,7,9-10H2,1H3. The quantitative estimate of drug-likeness (QED) is 0.909. The van der Waals surface area contributed by atoms with E-state index in [9.17, 15) is 0 Å². The molecule has 1 unspecified atom stereocenters. The van der Waals surface area contributed by atoms with E-state index >= 15 is 0 Å². The first-order chi connectivity index (χ1) is 9.88. The lowest BCUT2D eigenvalue weighted by atomic mass is 10.0. The van der Waals surface area contributed by atoms with Crippen molar-refractivity contribution < 1.29 is 13.9 Å². The second kappa shape index (κ2) is 6.01. The highest BCUT2D eigenvalue weighted by molar-refractivity contribution is 5.45. The number of furan rings is 1. The Morgan fingerprint density at radius 2 is 2.00 bits per heavy atom. The molecule has 0 bridgehead atoms. The summed E-state index contributed by atoms with van der Waals surface area (Å²) in [7, 11) is 0. The van der Waals surface area contributed by atoms with Crippen LogP contribution in [0.5, 0.6) is 11.5 Å². The molecular weight excluding hydrogens is 254 g/mol. The molecule has 106 valence electrons. The van der Waals surface area contributed by atoms with Gasteiger partial charge in [0.15, 0.2) is 11.5 Å². The van der Waals surface area contributed by atoms with Gasteiger partial charge in [0.1, 0.15) is 19.0 Å². The molecule has 1 aliphatic heterocycles. The Morgan fingerprint density at radius 3 is 2.75 bits per heavy atom. The van der Waals surface area contributed by atoms with Gasteiger partial charge in [-0.15, -0.1) is 0 Å². The van der Waals surface area contributed by atoms with E-state index in [0.717, 1.165) is 35.8 Å². The summed E-state index contributed by atoms with van der Waals surface area (Å²) in [6.45, 7) is 4.29. The smallest absolute Gasteiger partial charge is 0.161 e. The lowest BCUT2D eigenvalue weighted by Gasteiger charge is -2.22. The Morgan fingerprint density at radius 1 is 1.15 bits per heavy atom. The van der Waals surface area contributed by atoms with Gasteiger partial charge >= 0.3 is 0 Å². The fourth-order valence-electron chi connectivity index (χ4n) is 2.37. The molecule has 4 nitrogen and oxygen atoms in total. The summed E-state index contributed by atoms with van der Waals surface area (Å²) in [5.74, 6) is 2.53. The molecule has 0 radical (unpaired) electrons. The molecule has 0 amide bonds. The number of ether oxygens (including phenoxy) is 2. The Bertz CT molecular complexity index is 551. The number of benzene rings is 1. The van der Waals surface area contributed by atoms with Crippen LogP contribution in [0.4, 0.5) is 0 Å². The van der Waals surface area contributed by atoms with Crippen LogP contribution in [0.15, 0.2) is 41.0 Å². The van der Waals surface area contributed by atoms with Gasteiger partial charge < -0.3 is 19.2 Å². The van der Waals surface area contributed by atoms with Crippen molar-refractivity contribution in [2.24, 2.45) is 0 Å². The van der Waals surface area contributed by atoms with E-state index in [2.05, 4.69) is 18.3 Å². The average molecular weight is 273 g/mol. The Hall–Kier alpha value is -1.94. The van der Waals surface area contributed by atoms with Crippen LogP contribution in [0.25, 0.3) is 0 Å². The fraction of sp³-hybridized carbons (Fsp3) is 0.375. The molecule has 2 heterocycles. The fourth-order valence-corrected chi connectivity index (χ4v) is 2.37. The summed E-state index contributed by atoms with van der Waals surface area (Å²) in [5.41, 5.74) is 1.12. The molecule has 1 N–H and O–H groups in total. The number of fused-ring (bicyclic) bond motifs is 1. The van der Waals surface area contributed by atoms with E-state index in [-0.39, 0.29) is 6.04 Å². The zero-order valence-electron chi connectivity index (χ0n) is 11.6. The summed E-state index contributed by atoms with van der Waals surface area (Å²) in [5, 5.41) is 3.50. The molecule has 0 spiro atoms. The highest BCUT2D eigenvalue weighted by atomic mass is 16.6. The molecule has 0 aliphatic carbocycles. The van der Waals surface area contributed by atoms with Crippen molar-refractivity contribution in [1.82, 2.24) is 5.32 Å². The predicted molar refractivity (Wildman–Crippen MR) is 76.3 cm³/mol. The van der Waals surface area contributed by atoms with Crippen LogP contribution in [-0.2, 0) is 0 Å². The van der Waals surface area contributed by atoms with E-state index in [1.165, 1.54) is 0 Å². The highest BCUT2D eigenvalue weighted by Crippen LogP contribution is 2.34. The van der Waals surface area contributed by atoms with Crippen LogP contribution in [0.3, 0.4) is 0 Å². The third-order valence-corrected chi connectivity index (χ3v) is 3.33. The minimum Gasteiger partial charge on any atom is -0.486 e. The molecule has 1 aliphatic rings. The molecule has 2 aromatic rings. The van der Waals surface area contributed by atoms with E-state index in [1.807, 2.05) is 24.3 Å². The monoisotopic (exact) mass is 273 g/mol. The summed E-state index contributed by atoms with van der Waals surface area (Å²) in [4.78, 5) is 0. The van der Waals surface area contributed by atoms with E-state index < -0.39 is 0 Å². The van der Waals surface area contributed by atoms with E-state index in [4.69, 9.17) is 13.9 Å². The molecule has 0 fully saturated rings. The molecule has 0 saturated heterocycles. The molecular formula is C16H19NO3. The number of rotatable bonds is 5. The Labute approximate surface area is 118 Å². The third kappa shape index (κ3) is 2.65. The summed E-state index contributed by atoms with van der Waals surface area (Å²) in [6, 6.07) is 10.00. The third-order valence-electron chi connectivity index (χ3n) is 3.33. The van der Waals surface area contributed by atoms with Crippen LogP contribution in [0.1, 0.15) is 30.7 Å². The van der Waals surface area contributed by atoms with Gasteiger partial charge in [0.2, 0.25) is 0 Å². The lowest BCUT2D eigenvalue weighted by molar-refractivity contribution is 0.171. The van der Waals surface area contributed by atoms with Crippen molar-refractivity contribution in [3.05, 3.63) is 47.9 Å². The second-order valence-electron chi connectivity index (χ2n) is 4.81. The number of nitrogens with one attached hydrogen (secondary N) is 1. The largest absolute Gasteiger partial charge is 0.486 e. The second-order valence-corrected chi connectivity index (χ2v) is 4.81. The number of hydrogen-bond donors (Lipinski definition) is 1. The van der Waals surface area contributed by atoms with Crippen LogP contribution >= 0.6 is 0 Å². The van der Waals surface area contributed by atoms with Crippen LogP contribution in [0.2, 0.25) is 0 Å². The van der Waals surface area contributed by atoms with E-state index in [0.29, 0.717) is 13.2 Å². The molecule has 0 saturated carbocycles. The predicted octanol–water partition coefficient (Wildman–Crippen LogP) is 3.14. The minimum absolute atomic E-state index is 0.0424. The van der Waals surface area contributed by atoms with Gasteiger partial charge in [-0.25, -0.2) is 0 Å². The van der Waals surface area contributed by atoms with Gasteiger partial charge in [-0.3, -0.25) is 0 Å². The first-order valence-corrected chi connectivity index (χ1v) is 7.05. The molecule has 1 aromatic carbocycles. The van der Waals surface area contributed by atoms with Crippen molar-refractivity contribution in [2.45, 2.75) is 19.4 Å². The van der Waals surface area contributed by atoms with Gasteiger partial charge in [-0.1, -0.05) is 13.0 Å². The zero-order valence-corrected chi connectivity index (χ0v) is 11.6. The van der Waals surface area contributed by atoms with Crippen molar-refractivity contribution in [3.8, 4) is 11.5 Å². The van der Waals surface area contributed by atoms with Gasteiger partial charge in [0, 0.05) is 0 Å². The van der Waals surface area contributed by atoms with Crippen molar-refractivity contribution in [1.29, 1.82) is 0 Å². The van der Waals surface area contributed by atoms with Gasteiger partial charge in [-0.2, -0.15) is 0 Å². The maximum Gasteiger partial charge on any atom is 0.161 e. The number of hydrogen-bond acceptors (Lipinski definition) is 4. The van der Waals surface area contributed by atoms with Crippen molar-refractivity contribution >= 4 is 0 Å². The zero-order chi connectivity index (χ0) is 13.8. The molecule has 1 atom stereocenters. The summed E-state index contributed by atoms with van der Waals surface area (Å²) in [6.07, 6.45) is 2.77. The first kappa shape index (κ1) is 13.1. The topological polar surface area (TPSA) is 43.6 Å². The maximum absolute atomic E-state index is 5.65. The van der Waals surface area contributed by atoms with Crippen LogP contribution in [-0.4, -0.2) is 19.8 Å². The minimum atomic E-state index is 0.0424. The van der Waals surface area contributed by atoms with Crippen LogP contribution in [0, 0.1) is 0 Å². The SMILES string of the molecule is CCCNC(c1ccc2c(c1)OCCO2)c1ccco1. The lowest BCUT2D eigenvalue weighted by Crippen LogP contribution is -2.23. The van der Waals surface area contributed by atoms with Gasteiger partial charge in [0.25, 0.3) is 0 Å². The van der Waals surface area contributed by atoms with Crippen LogP contribution < -0.4 is 14.8 Å². The summed E-state index contributed by atoms with van der Waals surface area (Å²) >= 11 is 0. The highest BCUT2D eigenvalue weighted by Gasteiger charge is 2.19. The summed E-state index contributed by atoms with van der Waals surface area (Å²) < 4.78 is 16.8. The molecule has 3 rings (SSSR count). The normalized spacial score (nSPS) is 15.1. The van der Waals surface area contributed by atoms with E-state index in [1.54, 1.807) is 6.26 Å². The Kier molecular flexibility index (Phi) is 3.92.